The molecule has 0 aromatic rings. The molecule has 2 nitrogen and oxygen atoms in total. The van der Waals surface area contributed by atoms with Crippen LogP contribution < -0.4 is 10.3 Å². The molecule has 1 saturated heterocycles. The third kappa shape index (κ3) is 1.65. The summed E-state index contributed by atoms with van der Waals surface area (Å²) >= 11 is 1.74. The van der Waals surface area contributed by atoms with Crippen LogP contribution in [0, 0.1) is 5.41 Å². The van der Waals surface area contributed by atoms with Crippen molar-refractivity contribution in [2.24, 2.45) is 5.41 Å². The minimum Gasteiger partial charge on any atom is -0.247 e. The Morgan fingerprint density at radius 2 is 2.25 bits per heavy atom. The minimum atomic E-state index is 0.468. The number of hydrogen-bond donors (Lipinski definition) is 2. The minimum absolute atomic E-state index is 0.468. The Hall–Kier alpha value is 0.270. The van der Waals surface area contributed by atoms with Crippen molar-refractivity contribution in [1.29, 1.82) is 0 Å². The predicted molar refractivity (Wildman–Crippen MR) is 37.4 cm³/mol. The fourth-order valence-corrected chi connectivity index (χ4v) is 1.35. The number of nitrogens with one attached hydrogen (secondary N) is 2. The van der Waals surface area contributed by atoms with Gasteiger partial charge in [0.25, 0.3) is 0 Å². The molecule has 3 heteroatoms. The molecule has 0 spiro atoms. The van der Waals surface area contributed by atoms with E-state index < -0.39 is 0 Å². The highest BCUT2D eigenvalue weighted by atomic mass is 32.2. The van der Waals surface area contributed by atoms with E-state index in [-0.39, 0.29) is 0 Å². The maximum atomic E-state index is 3.09. The normalized spacial score (nSPS) is 27.8. The number of hydrogen-bond acceptors (Lipinski definition) is 3. The van der Waals surface area contributed by atoms with Crippen molar-refractivity contribution in [1.82, 2.24) is 10.3 Å². The summed E-state index contributed by atoms with van der Waals surface area (Å²) in [4.78, 5) is 3.01. The molecule has 1 fully saturated rings. The molecule has 48 valence electrons. The van der Waals surface area contributed by atoms with Crippen LogP contribution in [0.5, 0.6) is 0 Å². The molecular weight excluding hydrogens is 120 g/mol. The first-order chi connectivity index (χ1) is 3.71. The second-order valence-corrected chi connectivity index (χ2v) is 3.69. The molecule has 0 aromatic heterocycles. The Kier molecular flexibility index (Phi) is 1.80. The lowest BCUT2D eigenvalue weighted by Crippen LogP contribution is -2.42. The molecule has 0 unspecified atom stereocenters. The lowest BCUT2D eigenvalue weighted by atomic mass is 9.97. The molecule has 1 rings (SSSR count). The Morgan fingerprint density at radius 1 is 1.50 bits per heavy atom. The van der Waals surface area contributed by atoms with E-state index >= 15 is 0 Å². The zero-order chi connectivity index (χ0) is 6.04. The van der Waals surface area contributed by atoms with Crippen LogP contribution in [0.2, 0.25) is 0 Å². The van der Waals surface area contributed by atoms with Crippen LogP contribution in [0.25, 0.3) is 0 Å². The quantitative estimate of drug-likeness (QED) is 0.476. The van der Waals surface area contributed by atoms with Gasteiger partial charge in [-0.05, 0) is 5.41 Å². The summed E-state index contributed by atoms with van der Waals surface area (Å²) < 4.78 is 0. The van der Waals surface area contributed by atoms with E-state index in [4.69, 9.17) is 0 Å². The Balaban J connectivity index is 2.33. The van der Waals surface area contributed by atoms with Gasteiger partial charge in [-0.25, -0.2) is 10.3 Å². The van der Waals surface area contributed by atoms with E-state index in [9.17, 15) is 0 Å². The van der Waals surface area contributed by atoms with Crippen LogP contribution in [0.1, 0.15) is 13.8 Å². The van der Waals surface area contributed by atoms with Gasteiger partial charge in [-0.2, -0.15) is 0 Å². The first-order valence-electron chi connectivity index (χ1n) is 2.80. The molecule has 0 saturated carbocycles. The van der Waals surface area contributed by atoms with Crippen LogP contribution in [0.15, 0.2) is 0 Å². The van der Waals surface area contributed by atoms with E-state index in [0.717, 1.165) is 6.54 Å². The van der Waals surface area contributed by atoms with Crippen molar-refractivity contribution in [2.75, 3.05) is 12.3 Å². The summed E-state index contributed by atoms with van der Waals surface area (Å²) in [5.74, 6) is 1.19. The molecule has 0 aromatic carbocycles. The first kappa shape index (κ1) is 6.39. The largest absolute Gasteiger partial charge is 0.247 e. The van der Waals surface area contributed by atoms with E-state index in [0.29, 0.717) is 5.41 Å². The third-order valence-electron chi connectivity index (χ3n) is 1.17. The van der Waals surface area contributed by atoms with Gasteiger partial charge in [0, 0.05) is 12.3 Å². The van der Waals surface area contributed by atoms with Crippen molar-refractivity contribution in [3.05, 3.63) is 0 Å². The topological polar surface area (TPSA) is 24.1 Å². The van der Waals surface area contributed by atoms with Crippen molar-refractivity contribution in [3.63, 3.8) is 0 Å². The van der Waals surface area contributed by atoms with Gasteiger partial charge in [0.15, 0.2) is 0 Å². The van der Waals surface area contributed by atoms with Crippen LogP contribution in [-0.4, -0.2) is 12.3 Å². The zero-order valence-corrected chi connectivity index (χ0v) is 6.14. The summed E-state index contributed by atoms with van der Waals surface area (Å²) in [6.07, 6.45) is 0. The van der Waals surface area contributed by atoms with E-state index in [1.165, 1.54) is 5.75 Å². The molecule has 1 heterocycles. The van der Waals surface area contributed by atoms with Gasteiger partial charge >= 0.3 is 0 Å². The maximum absolute atomic E-state index is 3.09. The summed E-state index contributed by atoms with van der Waals surface area (Å²) in [7, 11) is 0. The predicted octanol–water partition coefficient (Wildman–Crippen LogP) is 0.769. The average molecular weight is 132 g/mol. The molecule has 2 N–H and O–H groups in total. The van der Waals surface area contributed by atoms with Crippen LogP contribution >= 0.6 is 11.9 Å². The van der Waals surface area contributed by atoms with Crippen molar-refractivity contribution < 1.29 is 0 Å². The average Bonchev–Trinajstić information content (AvgIpc) is 1.65. The van der Waals surface area contributed by atoms with E-state index in [1.807, 2.05) is 0 Å². The molecule has 0 atom stereocenters. The van der Waals surface area contributed by atoms with Crippen molar-refractivity contribution >= 4 is 11.9 Å². The van der Waals surface area contributed by atoms with Gasteiger partial charge in [0.2, 0.25) is 0 Å². The zero-order valence-electron chi connectivity index (χ0n) is 5.32. The monoisotopic (exact) mass is 132 g/mol. The summed E-state index contributed by atoms with van der Waals surface area (Å²) in [6.45, 7) is 5.58. The molecule has 0 radical (unpaired) electrons. The van der Waals surface area contributed by atoms with Crippen molar-refractivity contribution in [3.8, 4) is 0 Å². The third-order valence-corrected chi connectivity index (χ3v) is 2.39. The van der Waals surface area contributed by atoms with Gasteiger partial charge in [-0.1, -0.05) is 25.8 Å². The molecule has 8 heavy (non-hydrogen) atoms. The lowest BCUT2D eigenvalue weighted by Gasteiger charge is -2.29. The highest BCUT2D eigenvalue weighted by Crippen LogP contribution is 2.20. The fraction of sp³-hybridized carbons (Fsp3) is 1.00. The van der Waals surface area contributed by atoms with Gasteiger partial charge < -0.3 is 0 Å². The maximum Gasteiger partial charge on any atom is 0.0168 e. The van der Waals surface area contributed by atoms with Crippen LogP contribution in [-0.2, 0) is 0 Å². The summed E-state index contributed by atoms with van der Waals surface area (Å²) in [5, 5.41) is 0. The second-order valence-electron chi connectivity index (χ2n) is 2.91. The molecular formula is C5H12N2S. The Labute approximate surface area is 54.5 Å². The second kappa shape index (κ2) is 2.25. The molecule has 0 amide bonds. The lowest BCUT2D eigenvalue weighted by molar-refractivity contribution is 0.368. The van der Waals surface area contributed by atoms with Gasteiger partial charge in [0.05, 0.1) is 0 Å². The van der Waals surface area contributed by atoms with Crippen molar-refractivity contribution in [2.45, 2.75) is 13.8 Å². The number of hydrazine groups is 1. The molecule has 0 bridgehead atoms. The first-order valence-corrected chi connectivity index (χ1v) is 3.79. The Morgan fingerprint density at radius 3 is 2.50 bits per heavy atom. The van der Waals surface area contributed by atoms with Crippen LogP contribution in [0.3, 0.4) is 0 Å². The van der Waals surface area contributed by atoms with E-state index in [2.05, 4.69) is 24.1 Å². The summed E-state index contributed by atoms with van der Waals surface area (Å²) in [5.41, 5.74) is 3.56. The Bertz CT molecular complexity index is 74.5. The molecule has 0 aliphatic carbocycles. The summed E-state index contributed by atoms with van der Waals surface area (Å²) in [6, 6.07) is 0. The number of rotatable bonds is 0. The van der Waals surface area contributed by atoms with Crippen LogP contribution in [0.4, 0.5) is 0 Å². The van der Waals surface area contributed by atoms with Gasteiger partial charge in [-0.3, -0.25) is 0 Å². The standard InChI is InChI=1S/C5H12N2S/c1-5(2)3-6-7-8-4-5/h6-7H,3-4H2,1-2H3. The smallest absolute Gasteiger partial charge is 0.0168 e. The highest BCUT2D eigenvalue weighted by Gasteiger charge is 2.20. The fourth-order valence-electron chi connectivity index (χ4n) is 0.609. The van der Waals surface area contributed by atoms with Gasteiger partial charge in [-0.15, -0.1) is 0 Å². The van der Waals surface area contributed by atoms with E-state index in [1.54, 1.807) is 11.9 Å². The highest BCUT2D eigenvalue weighted by molar-refractivity contribution is 7.97. The molecule has 1 aliphatic rings. The van der Waals surface area contributed by atoms with Gasteiger partial charge in [0.1, 0.15) is 0 Å². The SMILES string of the molecule is CC1(C)CNNSC1. The molecule has 1 aliphatic heterocycles.